The molecule has 2 aromatic heterocycles. The van der Waals surface area contributed by atoms with Crippen molar-refractivity contribution in [1.29, 1.82) is 0 Å². The number of aromatic nitrogens is 2. The van der Waals surface area contributed by atoms with Gasteiger partial charge < -0.3 is 5.73 Å². The minimum atomic E-state index is -0.256. The Labute approximate surface area is 136 Å². The van der Waals surface area contributed by atoms with Crippen LogP contribution < -0.4 is 5.73 Å². The molecule has 0 aliphatic rings. The lowest BCUT2D eigenvalue weighted by Gasteiger charge is -2.05. The van der Waals surface area contributed by atoms with Gasteiger partial charge >= 0.3 is 0 Å². The van der Waals surface area contributed by atoms with Crippen LogP contribution in [0.5, 0.6) is 0 Å². The number of hydrogen-bond donors (Lipinski definition) is 1. The fourth-order valence-electron chi connectivity index (χ4n) is 2.20. The van der Waals surface area contributed by atoms with Crippen molar-refractivity contribution in [3.05, 3.63) is 42.0 Å². The number of carbonyl (C=O) groups is 1. The van der Waals surface area contributed by atoms with Crippen LogP contribution in [0.1, 0.15) is 12.8 Å². The zero-order chi connectivity index (χ0) is 15.4. The van der Waals surface area contributed by atoms with Gasteiger partial charge in [0.15, 0.2) is 0 Å². The van der Waals surface area contributed by atoms with E-state index in [9.17, 15) is 4.79 Å². The maximum atomic E-state index is 10.8. The topological polar surface area (TPSA) is 68.9 Å². The van der Waals surface area contributed by atoms with Crippen LogP contribution in [-0.2, 0) is 4.79 Å². The van der Waals surface area contributed by atoms with Gasteiger partial charge in [-0.05, 0) is 12.0 Å². The lowest BCUT2D eigenvalue weighted by Crippen LogP contribution is -2.09. The van der Waals surface area contributed by atoms with E-state index in [0.717, 1.165) is 27.4 Å². The van der Waals surface area contributed by atoms with Crippen LogP contribution in [0.2, 0.25) is 0 Å². The third-order valence-corrected chi connectivity index (χ3v) is 5.19. The summed E-state index contributed by atoms with van der Waals surface area (Å²) in [6.07, 6.45) is 2.77. The first-order chi connectivity index (χ1) is 10.8. The number of hydrogen-bond acceptors (Lipinski definition) is 5. The standard InChI is InChI=1S/C16H15N3OS2/c17-13(20)7-4-8-21-15-14-12(11-5-2-1-3-6-11)9-22-16(14)19-10-18-15/h1-3,5-6,9-10H,4,7-8H2,(H2,17,20). The number of nitrogens with zero attached hydrogens (tertiary/aromatic N) is 2. The van der Waals surface area contributed by atoms with E-state index in [1.807, 2.05) is 18.2 Å². The molecule has 2 N–H and O–H groups in total. The van der Waals surface area contributed by atoms with E-state index in [1.54, 1.807) is 29.4 Å². The zero-order valence-corrected chi connectivity index (χ0v) is 13.5. The third kappa shape index (κ3) is 3.28. The largest absolute Gasteiger partial charge is 0.370 e. The van der Waals surface area contributed by atoms with Crippen LogP contribution in [0.3, 0.4) is 0 Å². The predicted molar refractivity (Wildman–Crippen MR) is 92.0 cm³/mol. The number of thioether (sulfide) groups is 1. The van der Waals surface area contributed by atoms with E-state index in [4.69, 9.17) is 5.73 Å². The molecule has 0 spiro atoms. The number of carbonyl (C=O) groups excluding carboxylic acids is 1. The number of fused-ring (bicyclic) bond motifs is 1. The number of amides is 1. The molecule has 0 bridgehead atoms. The fourth-order valence-corrected chi connectivity index (χ4v) is 4.14. The smallest absolute Gasteiger partial charge is 0.217 e. The van der Waals surface area contributed by atoms with Gasteiger partial charge in [0.1, 0.15) is 16.2 Å². The minimum absolute atomic E-state index is 0.256. The first-order valence-electron chi connectivity index (χ1n) is 6.94. The molecule has 0 radical (unpaired) electrons. The summed E-state index contributed by atoms with van der Waals surface area (Å²) in [5.41, 5.74) is 7.51. The predicted octanol–water partition coefficient (Wildman–Crippen LogP) is 3.72. The zero-order valence-electron chi connectivity index (χ0n) is 11.9. The second kappa shape index (κ2) is 6.89. The van der Waals surface area contributed by atoms with Gasteiger partial charge in [-0.3, -0.25) is 4.79 Å². The van der Waals surface area contributed by atoms with Gasteiger partial charge in [0, 0.05) is 23.1 Å². The summed E-state index contributed by atoms with van der Waals surface area (Å²) in [7, 11) is 0. The number of primary amides is 1. The van der Waals surface area contributed by atoms with Gasteiger partial charge in [0.05, 0.1) is 5.39 Å². The molecule has 0 aliphatic heterocycles. The van der Waals surface area contributed by atoms with Crippen molar-refractivity contribution < 1.29 is 4.79 Å². The first kappa shape index (κ1) is 15.0. The lowest BCUT2D eigenvalue weighted by molar-refractivity contribution is -0.118. The van der Waals surface area contributed by atoms with Crippen molar-refractivity contribution in [2.75, 3.05) is 5.75 Å². The molecule has 0 fully saturated rings. The molecule has 0 aliphatic carbocycles. The quantitative estimate of drug-likeness (QED) is 0.425. The maximum absolute atomic E-state index is 10.8. The number of rotatable bonds is 6. The highest BCUT2D eigenvalue weighted by molar-refractivity contribution is 7.99. The Kier molecular flexibility index (Phi) is 4.70. The van der Waals surface area contributed by atoms with Gasteiger partial charge in [-0.15, -0.1) is 23.1 Å². The summed E-state index contributed by atoms with van der Waals surface area (Å²) in [6, 6.07) is 10.3. The molecule has 4 nitrogen and oxygen atoms in total. The highest BCUT2D eigenvalue weighted by Crippen LogP contribution is 2.37. The Morgan fingerprint density at radius 3 is 2.82 bits per heavy atom. The molecule has 112 valence electrons. The molecule has 3 rings (SSSR count). The molecule has 1 aromatic carbocycles. The average molecular weight is 329 g/mol. The van der Waals surface area contributed by atoms with Crippen LogP contribution in [0.15, 0.2) is 47.1 Å². The van der Waals surface area contributed by atoms with Crippen molar-refractivity contribution in [3.63, 3.8) is 0 Å². The maximum Gasteiger partial charge on any atom is 0.217 e. The molecule has 6 heteroatoms. The van der Waals surface area contributed by atoms with Crippen LogP contribution in [0.4, 0.5) is 0 Å². The van der Waals surface area contributed by atoms with E-state index < -0.39 is 0 Å². The summed E-state index contributed by atoms with van der Waals surface area (Å²) in [5, 5.41) is 4.19. The summed E-state index contributed by atoms with van der Waals surface area (Å²) < 4.78 is 0. The Morgan fingerprint density at radius 2 is 2.05 bits per heavy atom. The molecular weight excluding hydrogens is 314 g/mol. The lowest BCUT2D eigenvalue weighted by atomic mass is 10.1. The van der Waals surface area contributed by atoms with Gasteiger partial charge in [-0.2, -0.15) is 0 Å². The van der Waals surface area contributed by atoms with Crippen molar-refractivity contribution >= 4 is 39.2 Å². The van der Waals surface area contributed by atoms with E-state index in [2.05, 4.69) is 27.5 Å². The number of benzene rings is 1. The van der Waals surface area contributed by atoms with Crippen molar-refractivity contribution in [2.24, 2.45) is 5.73 Å². The molecule has 3 aromatic rings. The van der Waals surface area contributed by atoms with Crippen LogP contribution in [0.25, 0.3) is 21.3 Å². The van der Waals surface area contributed by atoms with Crippen molar-refractivity contribution in [1.82, 2.24) is 9.97 Å². The Balaban J connectivity index is 1.90. The summed E-state index contributed by atoms with van der Waals surface area (Å²) in [6.45, 7) is 0. The molecule has 1 amide bonds. The summed E-state index contributed by atoms with van der Waals surface area (Å²) in [5.74, 6) is 0.563. The molecule has 0 saturated carbocycles. The fraction of sp³-hybridized carbons (Fsp3) is 0.188. The monoisotopic (exact) mass is 329 g/mol. The normalized spacial score (nSPS) is 10.9. The van der Waals surface area contributed by atoms with Gasteiger partial charge in [0.2, 0.25) is 5.91 Å². The average Bonchev–Trinajstić information content (AvgIpc) is 2.97. The Morgan fingerprint density at radius 1 is 1.23 bits per heavy atom. The Bertz CT molecular complexity index is 786. The first-order valence-corrected chi connectivity index (χ1v) is 8.81. The molecule has 22 heavy (non-hydrogen) atoms. The molecule has 0 saturated heterocycles. The highest BCUT2D eigenvalue weighted by Gasteiger charge is 2.13. The SMILES string of the molecule is NC(=O)CCCSc1ncnc2scc(-c3ccccc3)c12. The van der Waals surface area contributed by atoms with E-state index in [-0.39, 0.29) is 5.91 Å². The molecule has 0 unspecified atom stereocenters. The highest BCUT2D eigenvalue weighted by atomic mass is 32.2. The van der Waals surface area contributed by atoms with E-state index in [1.165, 1.54) is 11.1 Å². The van der Waals surface area contributed by atoms with E-state index >= 15 is 0 Å². The second-order valence-corrected chi connectivity index (χ2v) is 6.73. The molecular formula is C16H15N3OS2. The van der Waals surface area contributed by atoms with Crippen LogP contribution >= 0.6 is 23.1 Å². The summed E-state index contributed by atoms with van der Waals surface area (Å²) >= 11 is 3.28. The van der Waals surface area contributed by atoms with Crippen LogP contribution in [-0.4, -0.2) is 21.6 Å². The van der Waals surface area contributed by atoms with Crippen LogP contribution in [0, 0.1) is 0 Å². The summed E-state index contributed by atoms with van der Waals surface area (Å²) in [4.78, 5) is 20.6. The number of nitrogens with two attached hydrogens (primary N) is 1. The third-order valence-electron chi connectivity index (χ3n) is 3.23. The Hall–Kier alpha value is -1.92. The van der Waals surface area contributed by atoms with Crippen molar-refractivity contribution in [3.8, 4) is 11.1 Å². The molecule has 2 heterocycles. The van der Waals surface area contributed by atoms with Gasteiger partial charge in [0.25, 0.3) is 0 Å². The van der Waals surface area contributed by atoms with Gasteiger partial charge in [-0.1, -0.05) is 30.3 Å². The van der Waals surface area contributed by atoms with E-state index in [0.29, 0.717) is 6.42 Å². The second-order valence-electron chi connectivity index (χ2n) is 4.79. The minimum Gasteiger partial charge on any atom is -0.370 e. The van der Waals surface area contributed by atoms with Gasteiger partial charge in [-0.25, -0.2) is 9.97 Å². The molecule has 0 atom stereocenters. The van der Waals surface area contributed by atoms with Crippen molar-refractivity contribution in [2.45, 2.75) is 17.9 Å². The number of thiophene rings is 1.